The van der Waals surface area contributed by atoms with Gasteiger partial charge in [0.05, 0.1) is 12.8 Å². The summed E-state index contributed by atoms with van der Waals surface area (Å²) in [6, 6.07) is 5.97. The smallest absolute Gasteiger partial charge is 0.226 e. The molecule has 1 heterocycles. The molecule has 6 heteroatoms. The second kappa shape index (κ2) is 9.39. The van der Waals surface area contributed by atoms with Crippen LogP contribution in [0.5, 0.6) is 5.75 Å². The zero-order chi connectivity index (χ0) is 17.4. The van der Waals surface area contributed by atoms with E-state index in [4.69, 9.17) is 10.5 Å². The number of anilines is 1. The van der Waals surface area contributed by atoms with Crippen LogP contribution >= 0.6 is 11.3 Å². The lowest BCUT2D eigenvalue weighted by Gasteiger charge is -2.07. The van der Waals surface area contributed by atoms with E-state index < -0.39 is 0 Å². The summed E-state index contributed by atoms with van der Waals surface area (Å²) in [5, 5.41) is 5.44. The van der Waals surface area contributed by atoms with Crippen LogP contribution in [0, 0.1) is 6.92 Å². The Labute approximate surface area is 147 Å². The van der Waals surface area contributed by atoms with Gasteiger partial charge in [0, 0.05) is 17.4 Å². The van der Waals surface area contributed by atoms with Gasteiger partial charge < -0.3 is 15.8 Å². The molecule has 0 aliphatic heterocycles. The minimum absolute atomic E-state index is 0.0138. The Balaban J connectivity index is 1.94. The predicted octanol–water partition coefficient (Wildman–Crippen LogP) is 3.97. The monoisotopic (exact) mass is 347 g/mol. The minimum Gasteiger partial charge on any atom is -0.496 e. The number of carbonyl (C=O) groups excluding carboxylic acids is 1. The normalized spacial score (nSPS) is 10.6. The SMILES string of the molecule is COc1ccc(C)cc1-c1csc(NC(=O)CCCCCCN)n1. The van der Waals surface area contributed by atoms with Crippen molar-refractivity contribution in [2.45, 2.75) is 39.0 Å². The third-order valence-corrected chi connectivity index (χ3v) is 4.50. The quantitative estimate of drug-likeness (QED) is 0.673. The Kier molecular flexibility index (Phi) is 7.21. The van der Waals surface area contributed by atoms with Gasteiger partial charge in [0.2, 0.25) is 5.91 Å². The first-order valence-electron chi connectivity index (χ1n) is 8.24. The highest BCUT2D eigenvalue weighted by molar-refractivity contribution is 7.14. The fourth-order valence-electron chi connectivity index (χ4n) is 2.44. The molecular weight excluding hydrogens is 322 g/mol. The van der Waals surface area contributed by atoms with Crippen molar-refractivity contribution < 1.29 is 9.53 Å². The van der Waals surface area contributed by atoms with Crippen LogP contribution in [0.15, 0.2) is 23.6 Å². The van der Waals surface area contributed by atoms with E-state index >= 15 is 0 Å². The van der Waals surface area contributed by atoms with E-state index in [1.165, 1.54) is 11.3 Å². The maximum Gasteiger partial charge on any atom is 0.226 e. The number of hydrogen-bond acceptors (Lipinski definition) is 5. The first-order chi connectivity index (χ1) is 11.6. The summed E-state index contributed by atoms with van der Waals surface area (Å²) in [4.78, 5) is 16.5. The second-order valence-corrected chi connectivity index (χ2v) is 6.60. The van der Waals surface area contributed by atoms with Crippen molar-refractivity contribution in [3.63, 3.8) is 0 Å². The lowest BCUT2D eigenvalue weighted by molar-refractivity contribution is -0.116. The van der Waals surface area contributed by atoms with Crippen LogP contribution in [0.2, 0.25) is 0 Å². The summed E-state index contributed by atoms with van der Waals surface area (Å²) in [5.41, 5.74) is 8.36. The molecule has 0 saturated carbocycles. The summed E-state index contributed by atoms with van der Waals surface area (Å²) >= 11 is 1.43. The molecule has 0 radical (unpaired) electrons. The first-order valence-corrected chi connectivity index (χ1v) is 9.12. The van der Waals surface area contributed by atoms with Gasteiger partial charge in [-0.15, -0.1) is 11.3 Å². The number of aryl methyl sites for hydroxylation is 1. The summed E-state index contributed by atoms with van der Waals surface area (Å²) in [6.07, 6.45) is 4.55. The zero-order valence-corrected chi connectivity index (χ0v) is 15.1. The number of amides is 1. The van der Waals surface area contributed by atoms with Crippen LogP contribution in [0.25, 0.3) is 11.3 Å². The summed E-state index contributed by atoms with van der Waals surface area (Å²) < 4.78 is 5.40. The van der Waals surface area contributed by atoms with E-state index in [1.807, 2.05) is 30.5 Å². The maximum absolute atomic E-state index is 12.0. The molecule has 2 rings (SSSR count). The molecule has 0 unspecified atom stereocenters. The van der Waals surface area contributed by atoms with Crippen LogP contribution in [0.1, 0.15) is 37.7 Å². The van der Waals surface area contributed by atoms with Crippen molar-refractivity contribution in [3.8, 4) is 17.0 Å². The zero-order valence-electron chi connectivity index (χ0n) is 14.3. The lowest BCUT2D eigenvalue weighted by atomic mass is 10.1. The molecule has 130 valence electrons. The third kappa shape index (κ3) is 5.32. The Morgan fingerprint density at radius 1 is 1.29 bits per heavy atom. The molecule has 5 nitrogen and oxygen atoms in total. The van der Waals surface area contributed by atoms with E-state index in [0.29, 0.717) is 11.6 Å². The van der Waals surface area contributed by atoms with Gasteiger partial charge in [-0.25, -0.2) is 4.98 Å². The minimum atomic E-state index is 0.0138. The number of methoxy groups -OCH3 is 1. The number of hydrogen-bond donors (Lipinski definition) is 2. The fourth-order valence-corrected chi connectivity index (χ4v) is 3.17. The Hall–Kier alpha value is -1.92. The van der Waals surface area contributed by atoms with Crippen LogP contribution < -0.4 is 15.8 Å². The van der Waals surface area contributed by atoms with Gasteiger partial charge in [0.1, 0.15) is 5.75 Å². The van der Waals surface area contributed by atoms with Crippen molar-refractivity contribution in [2.24, 2.45) is 5.73 Å². The van der Waals surface area contributed by atoms with E-state index in [-0.39, 0.29) is 5.91 Å². The number of ether oxygens (including phenoxy) is 1. The highest BCUT2D eigenvalue weighted by atomic mass is 32.1. The second-order valence-electron chi connectivity index (χ2n) is 5.74. The molecule has 1 amide bonds. The van der Waals surface area contributed by atoms with Crippen molar-refractivity contribution in [1.29, 1.82) is 0 Å². The molecule has 1 aromatic carbocycles. The van der Waals surface area contributed by atoms with E-state index in [1.54, 1.807) is 7.11 Å². The van der Waals surface area contributed by atoms with Crippen LogP contribution in [-0.2, 0) is 4.79 Å². The van der Waals surface area contributed by atoms with Gasteiger partial charge >= 0.3 is 0 Å². The average Bonchev–Trinajstić information content (AvgIpc) is 3.03. The largest absolute Gasteiger partial charge is 0.496 e. The van der Waals surface area contributed by atoms with E-state index in [2.05, 4.69) is 10.3 Å². The van der Waals surface area contributed by atoms with Crippen molar-refractivity contribution in [1.82, 2.24) is 4.98 Å². The molecule has 0 aliphatic rings. The molecule has 0 bridgehead atoms. The Bertz CT molecular complexity index is 670. The van der Waals surface area contributed by atoms with Crippen molar-refractivity contribution in [3.05, 3.63) is 29.1 Å². The molecule has 3 N–H and O–H groups in total. The molecule has 1 aromatic heterocycles. The molecule has 24 heavy (non-hydrogen) atoms. The summed E-state index contributed by atoms with van der Waals surface area (Å²) in [5.74, 6) is 0.795. The molecular formula is C18H25N3O2S. The lowest BCUT2D eigenvalue weighted by Crippen LogP contribution is -2.10. The van der Waals surface area contributed by atoms with Gasteiger partial charge in [-0.05, 0) is 38.4 Å². The topological polar surface area (TPSA) is 77.2 Å². The van der Waals surface area contributed by atoms with Crippen LogP contribution in [0.4, 0.5) is 5.13 Å². The number of nitrogens with zero attached hydrogens (tertiary/aromatic N) is 1. The first kappa shape index (κ1) is 18.4. The number of rotatable bonds is 9. The standard InChI is InChI=1S/C18H25N3O2S/c1-13-8-9-16(23-2)14(11-13)15-12-24-18(20-15)21-17(22)7-5-3-4-6-10-19/h8-9,11-12H,3-7,10,19H2,1-2H3,(H,20,21,22). The molecule has 0 atom stereocenters. The van der Waals surface area contributed by atoms with E-state index in [9.17, 15) is 4.79 Å². The van der Waals surface area contributed by atoms with Crippen LogP contribution in [-0.4, -0.2) is 24.5 Å². The number of benzene rings is 1. The number of nitrogens with one attached hydrogen (secondary N) is 1. The van der Waals surface area contributed by atoms with Crippen molar-refractivity contribution >= 4 is 22.4 Å². The molecule has 0 aliphatic carbocycles. The van der Waals surface area contributed by atoms with Crippen LogP contribution in [0.3, 0.4) is 0 Å². The van der Waals surface area contributed by atoms with Gasteiger partial charge in [-0.2, -0.15) is 0 Å². The van der Waals surface area contributed by atoms with Gasteiger partial charge in [-0.3, -0.25) is 4.79 Å². The highest BCUT2D eigenvalue weighted by Gasteiger charge is 2.12. The van der Waals surface area contributed by atoms with Gasteiger partial charge in [0.25, 0.3) is 0 Å². The number of nitrogens with two attached hydrogens (primary N) is 1. The number of thiazole rings is 1. The van der Waals surface area contributed by atoms with Crippen molar-refractivity contribution in [2.75, 3.05) is 19.0 Å². The summed E-state index contributed by atoms with van der Waals surface area (Å²) in [7, 11) is 1.65. The average molecular weight is 347 g/mol. The predicted molar refractivity (Wildman–Crippen MR) is 99.6 cm³/mol. The molecule has 0 spiro atoms. The summed E-state index contributed by atoms with van der Waals surface area (Å²) in [6.45, 7) is 2.75. The number of unbranched alkanes of at least 4 members (excludes halogenated alkanes) is 3. The molecule has 2 aromatic rings. The van der Waals surface area contributed by atoms with Gasteiger partial charge in [0.15, 0.2) is 5.13 Å². The van der Waals surface area contributed by atoms with Gasteiger partial charge in [-0.1, -0.05) is 24.5 Å². The van der Waals surface area contributed by atoms with E-state index in [0.717, 1.165) is 54.8 Å². The molecule has 0 fully saturated rings. The highest BCUT2D eigenvalue weighted by Crippen LogP contribution is 2.33. The Morgan fingerprint density at radius 3 is 2.83 bits per heavy atom. The number of carbonyl (C=O) groups is 1. The third-order valence-electron chi connectivity index (χ3n) is 3.74. The molecule has 0 saturated heterocycles. The number of aromatic nitrogens is 1. The Morgan fingerprint density at radius 2 is 2.08 bits per heavy atom. The fraction of sp³-hybridized carbons (Fsp3) is 0.444. The maximum atomic E-state index is 12.0.